The summed E-state index contributed by atoms with van der Waals surface area (Å²) in [5, 5.41) is 13.4. The largest absolute Gasteiger partial charge is 0.480 e. The molecule has 0 saturated heterocycles. The summed E-state index contributed by atoms with van der Waals surface area (Å²) in [5.74, 6) is -0.930. The third kappa shape index (κ3) is 5.63. The Balaban J connectivity index is 1.51. The van der Waals surface area contributed by atoms with Gasteiger partial charge in [-0.15, -0.1) is 11.3 Å². The van der Waals surface area contributed by atoms with Gasteiger partial charge in [0.05, 0.1) is 10.6 Å². The number of hydrogen-bond donors (Lipinski definition) is 1. The van der Waals surface area contributed by atoms with Crippen LogP contribution in [0.2, 0.25) is 10.0 Å². The number of thiophene rings is 1. The molecule has 29 heavy (non-hydrogen) atoms. The van der Waals surface area contributed by atoms with E-state index < -0.39 is 25.1 Å². The number of nitrogens with one attached hydrogen (secondary N) is 1. The maximum atomic E-state index is 12.2. The van der Waals surface area contributed by atoms with Crippen LogP contribution in [0.15, 0.2) is 18.2 Å². The molecular weight excluding hydrogens is 435 g/mol. The zero-order valence-corrected chi connectivity index (χ0v) is 17.8. The Hall–Kier alpha value is -2.27. The van der Waals surface area contributed by atoms with Crippen LogP contribution in [0, 0.1) is 11.3 Å². The summed E-state index contributed by atoms with van der Waals surface area (Å²) in [6.45, 7) is -0.866. The van der Waals surface area contributed by atoms with Crippen LogP contribution < -0.4 is 10.1 Å². The number of halogens is 2. The fourth-order valence-corrected chi connectivity index (χ4v) is 4.75. The van der Waals surface area contributed by atoms with E-state index in [4.69, 9.17) is 32.7 Å². The van der Waals surface area contributed by atoms with Gasteiger partial charge >= 0.3 is 5.97 Å². The Kier molecular flexibility index (Phi) is 7.37. The van der Waals surface area contributed by atoms with Gasteiger partial charge in [-0.25, -0.2) is 4.79 Å². The number of nitriles is 1. The fourth-order valence-electron chi connectivity index (χ4n) is 3.03. The molecule has 0 spiro atoms. The third-order valence-corrected chi connectivity index (χ3v) is 6.13. The number of esters is 1. The predicted octanol–water partition coefficient (Wildman–Crippen LogP) is 4.76. The van der Waals surface area contributed by atoms with Crippen LogP contribution in [-0.4, -0.2) is 25.1 Å². The first-order valence-electron chi connectivity index (χ1n) is 9.06. The summed E-state index contributed by atoms with van der Waals surface area (Å²) in [6, 6.07) is 6.80. The summed E-state index contributed by atoms with van der Waals surface area (Å²) in [7, 11) is 0. The maximum absolute atomic E-state index is 12.2. The number of carbonyl (C=O) groups excluding carboxylic acids is 2. The van der Waals surface area contributed by atoms with Crippen molar-refractivity contribution in [2.24, 2.45) is 0 Å². The van der Waals surface area contributed by atoms with Crippen molar-refractivity contribution in [1.29, 1.82) is 5.26 Å². The quantitative estimate of drug-likeness (QED) is 0.504. The van der Waals surface area contributed by atoms with Gasteiger partial charge in [-0.1, -0.05) is 29.6 Å². The molecule has 0 fully saturated rings. The number of anilines is 1. The lowest BCUT2D eigenvalue weighted by atomic mass is 10.1. The standard InChI is InChI=1S/C20H18Cl2N2O4S/c21-12-6-7-16(15(22)8-12)27-11-19(26)28-10-18(25)24-20-14(9-23)13-4-2-1-3-5-17(13)29-20/h6-8H,1-5,10-11H2,(H,24,25). The molecule has 152 valence electrons. The van der Waals surface area contributed by atoms with E-state index in [-0.39, 0.29) is 10.8 Å². The molecule has 1 aromatic heterocycles. The van der Waals surface area contributed by atoms with Gasteiger partial charge in [0, 0.05) is 9.90 Å². The summed E-state index contributed by atoms with van der Waals surface area (Å²) >= 11 is 13.2. The number of ether oxygens (including phenoxy) is 2. The lowest BCUT2D eigenvalue weighted by molar-refractivity contribution is -0.149. The molecule has 3 rings (SSSR count). The molecule has 0 atom stereocenters. The molecule has 0 aliphatic heterocycles. The lowest BCUT2D eigenvalue weighted by Crippen LogP contribution is -2.23. The van der Waals surface area contributed by atoms with Crippen molar-refractivity contribution in [1.82, 2.24) is 0 Å². The molecule has 0 unspecified atom stereocenters. The lowest BCUT2D eigenvalue weighted by Gasteiger charge is -2.09. The van der Waals surface area contributed by atoms with Crippen LogP contribution in [0.1, 0.15) is 35.3 Å². The Morgan fingerprint density at radius 3 is 2.72 bits per heavy atom. The van der Waals surface area contributed by atoms with Crippen molar-refractivity contribution < 1.29 is 19.1 Å². The van der Waals surface area contributed by atoms with Gasteiger partial charge in [0.2, 0.25) is 0 Å². The van der Waals surface area contributed by atoms with E-state index in [2.05, 4.69) is 11.4 Å². The molecule has 0 radical (unpaired) electrons. The Morgan fingerprint density at radius 1 is 1.17 bits per heavy atom. The van der Waals surface area contributed by atoms with Crippen molar-refractivity contribution in [3.05, 3.63) is 44.2 Å². The van der Waals surface area contributed by atoms with Crippen LogP contribution in [0.5, 0.6) is 5.75 Å². The number of fused-ring (bicyclic) bond motifs is 1. The van der Waals surface area contributed by atoms with E-state index in [1.165, 1.54) is 23.5 Å². The maximum Gasteiger partial charge on any atom is 0.344 e. The first-order valence-corrected chi connectivity index (χ1v) is 10.6. The zero-order valence-electron chi connectivity index (χ0n) is 15.4. The average Bonchev–Trinajstić information content (AvgIpc) is 2.84. The molecule has 0 bridgehead atoms. The van der Waals surface area contributed by atoms with Crippen LogP contribution in [0.25, 0.3) is 0 Å². The SMILES string of the molecule is N#Cc1c(NC(=O)COC(=O)COc2ccc(Cl)cc2Cl)sc2c1CCCCC2. The smallest absolute Gasteiger partial charge is 0.344 e. The topological polar surface area (TPSA) is 88.4 Å². The molecule has 6 nitrogen and oxygen atoms in total. The van der Waals surface area contributed by atoms with Crippen LogP contribution >= 0.6 is 34.5 Å². The van der Waals surface area contributed by atoms with Crippen molar-refractivity contribution in [2.75, 3.05) is 18.5 Å². The predicted molar refractivity (Wildman–Crippen MR) is 112 cm³/mol. The number of benzene rings is 1. The second-order valence-corrected chi connectivity index (χ2v) is 8.40. The van der Waals surface area contributed by atoms with Crippen molar-refractivity contribution in [3.8, 4) is 11.8 Å². The van der Waals surface area contributed by atoms with E-state index >= 15 is 0 Å². The van der Waals surface area contributed by atoms with Crippen molar-refractivity contribution in [3.63, 3.8) is 0 Å². The van der Waals surface area contributed by atoms with Crippen molar-refractivity contribution in [2.45, 2.75) is 32.1 Å². The monoisotopic (exact) mass is 452 g/mol. The Morgan fingerprint density at radius 2 is 1.97 bits per heavy atom. The molecule has 2 aromatic rings. The first kappa shape index (κ1) is 21.4. The van der Waals surface area contributed by atoms with Gasteiger partial charge < -0.3 is 14.8 Å². The Labute approximate surface area is 182 Å². The Bertz CT molecular complexity index is 968. The molecule has 9 heteroatoms. The van der Waals surface area contributed by atoms with Crippen LogP contribution in [-0.2, 0) is 27.2 Å². The van der Waals surface area contributed by atoms with Gasteiger partial charge in [0.15, 0.2) is 13.2 Å². The number of aryl methyl sites for hydroxylation is 1. The molecule has 0 saturated carbocycles. The van der Waals surface area contributed by atoms with E-state index in [9.17, 15) is 14.9 Å². The molecule has 1 heterocycles. The van der Waals surface area contributed by atoms with Crippen LogP contribution in [0.3, 0.4) is 0 Å². The van der Waals surface area contributed by atoms with Crippen molar-refractivity contribution >= 4 is 51.4 Å². The normalized spacial score (nSPS) is 13.0. The highest BCUT2D eigenvalue weighted by Crippen LogP contribution is 2.36. The molecule has 1 N–H and O–H groups in total. The summed E-state index contributed by atoms with van der Waals surface area (Å²) < 4.78 is 10.2. The molecule has 1 aliphatic rings. The number of nitrogens with zero attached hydrogens (tertiary/aromatic N) is 1. The molecule has 1 amide bonds. The minimum absolute atomic E-state index is 0.268. The van der Waals surface area contributed by atoms with Gasteiger partial charge in [-0.2, -0.15) is 5.26 Å². The minimum atomic E-state index is -0.714. The molecule has 1 aromatic carbocycles. The first-order chi connectivity index (χ1) is 14.0. The summed E-state index contributed by atoms with van der Waals surface area (Å²) in [6.07, 6.45) is 5.05. The van der Waals surface area contributed by atoms with E-state index in [1.807, 2.05) is 0 Å². The van der Waals surface area contributed by atoms with E-state index in [0.717, 1.165) is 42.5 Å². The van der Waals surface area contributed by atoms with Gasteiger partial charge in [-0.3, -0.25) is 4.79 Å². The fraction of sp³-hybridized carbons (Fsp3) is 0.350. The van der Waals surface area contributed by atoms with E-state index in [1.54, 1.807) is 6.07 Å². The summed E-state index contributed by atoms with van der Waals surface area (Å²) in [4.78, 5) is 25.1. The number of carbonyl (C=O) groups is 2. The molecular formula is C20H18Cl2N2O4S. The highest BCUT2D eigenvalue weighted by Gasteiger charge is 2.21. The van der Waals surface area contributed by atoms with Gasteiger partial charge in [-0.05, 0) is 49.4 Å². The minimum Gasteiger partial charge on any atom is -0.480 e. The molecule has 1 aliphatic carbocycles. The van der Waals surface area contributed by atoms with E-state index in [0.29, 0.717) is 15.6 Å². The third-order valence-electron chi connectivity index (χ3n) is 4.39. The van der Waals surface area contributed by atoms with Gasteiger partial charge in [0.25, 0.3) is 5.91 Å². The number of rotatable bonds is 6. The number of hydrogen-bond acceptors (Lipinski definition) is 6. The number of amides is 1. The summed E-state index contributed by atoms with van der Waals surface area (Å²) in [5.41, 5.74) is 1.56. The van der Waals surface area contributed by atoms with Crippen LogP contribution in [0.4, 0.5) is 5.00 Å². The second-order valence-electron chi connectivity index (χ2n) is 6.45. The average molecular weight is 453 g/mol. The zero-order chi connectivity index (χ0) is 20.8. The second kappa shape index (κ2) is 9.97. The van der Waals surface area contributed by atoms with Gasteiger partial charge in [0.1, 0.15) is 16.8 Å². The highest BCUT2D eigenvalue weighted by atomic mass is 35.5. The highest BCUT2D eigenvalue weighted by molar-refractivity contribution is 7.16.